The number of aromatic amines is 2. The van der Waals surface area contributed by atoms with Gasteiger partial charge in [0, 0.05) is 23.4 Å². The first-order valence-electron chi connectivity index (χ1n) is 6.34. The topological polar surface area (TPSA) is 57.9 Å². The van der Waals surface area contributed by atoms with Crippen molar-refractivity contribution in [3.63, 3.8) is 0 Å². The lowest BCUT2D eigenvalue weighted by Gasteiger charge is -2.07. The minimum atomic E-state index is -0.150. The molecule has 0 atom stereocenters. The van der Waals surface area contributed by atoms with E-state index in [1.54, 1.807) is 18.0 Å². The van der Waals surface area contributed by atoms with Crippen molar-refractivity contribution in [2.24, 2.45) is 0 Å². The minimum Gasteiger partial charge on any atom is -0.493 e. The van der Waals surface area contributed by atoms with Crippen LogP contribution in [-0.4, -0.2) is 22.3 Å². The van der Waals surface area contributed by atoms with Crippen molar-refractivity contribution >= 4 is 11.8 Å². The third-order valence-corrected chi connectivity index (χ3v) is 3.68. The van der Waals surface area contributed by atoms with Gasteiger partial charge >= 0.3 is 5.69 Å². The van der Waals surface area contributed by atoms with Gasteiger partial charge in [-0.2, -0.15) is 11.8 Å². The van der Waals surface area contributed by atoms with E-state index in [-0.39, 0.29) is 5.69 Å². The molecule has 2 rings (SSSR count). The van der Waals surface area contributed by atoms with Gasteiger partial charge in [-0.1, -0.05) is 19.1 Å². The molecule has 1 heterocycles. The number of imidazole rings is 1. The van der Waals surface area contributed by atoms with Crippen LogP contribution in [0, 0.1) is 0 Å². The molecule has 1 aromatic heterocycles. The molecule has 102 valence electrons. The molecule has 0 aliphatic heterocycles. The second-order valence-electron chi connectivity index (χ2n) is 4.17. The molecule has 0 saturated carbocycles. The van der Waals surface area contributed by atoms with Gasteiger partial charge < -0.3 is 14.7 Å². The number of hydrogen-bond donors (Lipinski definition) is 2. The number of H-pyrrole nitrogens is 2. The van der Waals surface area contributed by atoms with Crippen molar-refractivity contribution in [1.29, 1.82) is 0 Å². The maximum Gasteiger partial charge on any atom is 0.323 e. The van der Waals surface area contributed by atoms with E-state index in [1.807, 2.05) is 12.1 Å². The second-order valence-corrected chi connectivity index (χ2v) is 5.28. The van der Waals surface area contributed by atoms with Crippen LogP contribution in [0.2, 0.25) is 0 Å². The first-order valence-corrected chi connectivity index (χ1v) is 7.49. The fraction of sp³-hybridized carbons (Fsp3) is 0.357. The highest BCUT2D eigenvalue weighted by atomic mass is 32.2. The Bertz CT molecular complexity index is 562. The highest BCUT2D eigenvalue weighted by Gasteiger charge is 1.98. The number of nitrogens with one attached hydrogen (secondary N) is 2. The van der Waals surface area contributed by atoms with Gasteiger partial charge in [-0.3, -0.25) is 0 Å². The zero-order chi connectivity index (χ0) is 13.5. The molecule has 2 N–H and O–H groups in total. The van der Waals surface area contributed by atoms with Gasteiger partial charge in [0.05, 0.1) is 6.61 Å². The van der Waals surface area contributed by atoms with Crippen LogP contribution in [-0.2, 0) is 12.2 Å². The summed E-state index contributed by atoms with van der Waals surface area (Å²) in [5, 5.41) is 0. The molecule has 0 fully saturated rings. The van der Waals surface area contributed by atoms with E-state index in [0.29, 0.717) is 6.61 Å². The van der Waals surface area contributed by atoms with Gasteiger partial charge in [-0.05, 0) is 24.1 Å². The summed E-state index contributed by atoms with van der Waals surface area (Å²) in [7, 11) is 0. The predicted octanol–water partition coefficient (Wildman–Crippen LogP) is 2.58. The maximum absolute atomic E-state index is 10.9. The highest BCUT2D eigenvalue weighted by Crippen LogP contribution is 2.14. The molecule has 0 bridgehead atoms. The van der Waals surface area contributed by atoms with Crippen LogP contribution in [0.25, 0.3) is 0 Å². The van der Waals surface area contributed by atoms with Crippen molar-refractivity contribution in [1.82, 2.24) is 9.97 Å². The highest BCUT2D eigenvalue weighted by molar-refractivity contribution is 7.98. The number of ether oxygens (including phenoxy) is 1. The van der Waals surface area contributed by atoms with E-state index >= 15 is 0 Å². The molecular weight excluding hydrogens is 260 g/mol. The van der Waals surface area contributed by atoms with Gasteiger partial charge in [0.15, 0.2) is 0 Å². The van der Waals surface area contributed by atoms with Gasteiger partial charge in [0.2, 0.25) is 0 Å². The Hall–Kier alpha value is -1.62. The van der Waals surface area contributed by atoms with E-state index < -0.39 is 0 Å². The van der Waals surface area contributed by atoms with Gasteiger partial charge in [-0.15, -0.1) is 0 Å². The minimum absolute atomic E-state index is 0.150. The molecule has 1 aromatic carbocycles. The molecule has 0 spiro atoms. The van der Waals surface area contributed by atoms with Crippen LogP contribution in [0.5, 0.6) is 5.75 Å². The lowest BCUT2D eigenvalue weighted by molar-refractivity contribution is 0.343. The van der Waals surface area contributed by atoms with Crippen LogP contribution < -0.4 is 10.4 Å². The summed E-state index contributed by atoms with van der Waals surface area (Å²) in [6.07, 6.45) is 2.73. The van der Waals surface area contributed by atoms with Crippen LogP contribution in [0.15, 0.2) is 35.3 Å². The van der Waals surface area contributed by atoms with Gasteiger partial charge in [0.25, 0.3) is 0 Å². The molecule has 2 aromatic rings. The molecule has 4 nitrogen and oxygen atoms in total. The van der Waals surface area contributed by atoms with E-state index in [1.165, 1.54) is 5.56 Å². The Kier molecular flexibility index (Phi) is 5.15. The summed E-state index contributed by atoms with van der Waals surface area (Å²) < 4.78 is 5.69. The molecule has 5 heteroatoms. The number of aryl methyl sites for hydroxylation is 1. The summed E-state index contributed by atoms with van der Waals surface area (Å²) in [5.74, 6) is 2.61. The Morgan fingerprint density at radius 3 is 3.00 bits per heavy atom. The average Bonchev–Trinajstić information content (AvgIpc) is 2.84. The first-order chi connectivity index (χ1) is 9.28. The van der Waals surface area contributed by atoms with E-state index in [9.17, 15) is 4.79 Å². The van der Waals surface area contributed by atoms with Crippen molar-refractivity contribution in [2.45, 2.75) is 19.1 Å². The third-order valence-electron chi connectivity index (χ3n) is 2.71. The quantitative estimate of drug-likeness (QED) is 0.765. The molecule has 0 radical (unpaired) electrons. The predicted molar refractivity (Wildman–Crippen MR) is 78.9 cm³/mol. The normalized spacial score (nSPS) is 10.6. The van der Waals surface area contributed by atoms with Crippen molar-refractivity contribution in [3.8, 4) is 5.75 Å². The Morgan fingerprint density at radius 1 is 1.37 bits per heavy atom. The zero-order valence-corrected chi connectivity index (χ0v) is 11.8. The molecule has 19 heavy (non-hydrogen) atoms. The molecule has 0 aliphatic rings. The monoisotopic (exact) mass is 278 g/mol. The van der Waals surface area contributed by atoms with Crippen LogP contribution in [0.3, 0.4) is 0 Å². The molecule has 0 aliphatic carbocycles. The van der Waals surface area contributed by atoms with E-state index in [0.717, 1.165) is 29.4 Å². The lowest BCUT2D eigenvalue weighted by Crippen LogP contribution is -2.02. The zero-order valence-electron chi connectivity index (χ0n) is 10.9. The number of hydrogen-bond acceptors (Lipinski definition) is 3. The maximum atomic E-state index is 10.9. The SMILES string of the molecule is CCc1cccc(OCCSCc2c[nH]c(=O)[nH]2)c1. The fourth-order valence-electron chi connectivity index (χ4n) is 1.70. The first kappa shape index (κ1) is 13.8. The number of thioether (sulfide) groups is 1. The Balaban J connectivity index is 1.67. The largest absolute Gasteiger partial charge is 0.493 e. The Morgan fingerprint density at radius 2 is 2.26 bits per heavy atom. The van der Waals surface area contributed by atoms with E-state index in [2.05, 4.69) is 29.0 Å². The lowest BCUT2D eigenvalue weighted by atomic mass is 10.2. The molecule has 0 amide bonds. The van der Waals surface area contributed by atoms with Crippen molar-refractivity contribution in [2.75, 3.05) is 12.4 Å². The van der Waals surface area contributed by atoms with Gasteiger partial charge in [-0.25, -0.2) is 4.79 Å². The molecular formula is C14H18N2O2S. The van der Waals surface area contributed by atoms with Crippen molar-refractivity contribution < 1.29 is 4.74 Å². The van der Waals surface area contributed by atoms with Crippen LogP contribution in [0.4, 0.5) is 0 Å². The standard InChI is InChI=1S/C14H18N2O2S/c1-2-11-4-3-5-13(8-11)18-6-7-19-10-12-9-15-14(17)16-12/h3-5,8-9H,2,6-7,10H2,1H3,(H2,15,16,17). The number of aromatic nitrogens is 2. The summed E-state index contributed by atoms with van der Waals surface area (Å²) >= 11 is 1.73. The third kappa shape index (κ3) is 4.52. The fourth-order valence-corrected chi connectivity index (χ4v) is 2.43. The second kappa shape index (κ2) is 7.09. The van der Waals surface area contributed by atoms with Crippen LogP contribution in [0.1, 0.15) is 18.2 Å². The molecule has 0 saturated heterocycles. The number of rotatable bonds is 7. The van der Waals surface area contributed by atoms with Crippen molar-refractivity contribution in [3.05, 3.63) is 52.2 Å². The van der Waals surface area contributed by atoms with Crippen LogP contribution >= 0.6 is 11.8 Å². The Labute approximate surface area is 116 Å². The summed E-state index contributed by atoms with van der Waals surface area (Å²) in [5.41, 5.74) is 2.06. The summed E-state index contributed by atoms with van der Waals surface area (Å²) in [6, 6.07) is 8.18. The van der Waals surface area contributed by atoms with Gasteiger partial charge in [0.1, 0.15) is 5.75 Å². The average molecular weight is 278 g/mol. The smallest absolute Gasteiger partial charge is 0.323 e. The number of benzene rings is 1. The summed E-state index contributed by atoms with van der Waals surface area (Å²) in [4.78, 5) is 16.2. The van der Waals surface area contributed by atoms with E-state index in [4.69, 9.17) is 4.74 Å². The molecule has 0 unspecified atom stereocenters. The summed E-state index contributed by atoms with van der Waals surface area (Å²) in [6.45, 7) is 2.80.